The second kappa shape index (κ2) is 10.3. The minimum atomic E-state index is -0.813. The van der Waals surface area contributed by atoms with Gasteiger partial charge in [-0.15, -0.1) is 5.92 Å². The van der Waals surface area contributed by atoms with E-state index in [-0.39, 0.29) is 24.4 Å². The van der Waals surface area contributed by atoms with Gasteiger partial charge in [0.1, 0.15) is 5.54 Å². The smallest absolute Gasteiger partial charge is 0.323 e. The van der Waals surface area contributed by atoms with E-state index in [1.165, 1.54) is 21.6 Å². The lowest BCUT2D eigenvalue weighted by Gasteiger charge is -2.42. The van der Waals surface area contributed by atoms with Crippen LogP contribution in [0.1, 0.15) is 49.3 Å². The molecule has 0 saturated carbocycles. The van der Waals surface area contributed by atoms with Crippen LogP contribution in [0.5, 0.6) is 0 Å². The molecule has 2 aromatic carbocycles. The molecule has 0 spiro atoms. The monoisotopic (exact) mass is 469 g/mol. The molecule has 2 saturated heterocycles. The average Bonchev–Trinajstić information content (AvgIpc) is 3.43. The summed E-state index contributed by atoms with van der Waals surface area (Å²) in [5, 5.41) is 3.18. The van der Waals surface area contributed by atoms with Gasteiger partial charge in [0.15, 0.2) is 0 Å². The number of hydrogen-bond donors (Lipinski definition) is 1. The zero-order valence-electron chi connectivity index (χ0n) is 20.6. The highest BCUT2D eigenvalue weighted by atomic mass is 16.2. The maximum atomic E-state index is 13.7. The van der Waals surface area contributed by atoms with Gasteiger partial charge in [-0.05, 0) is 87.6 Å². The number of hydrogen-bond acceptors (Lipinski definition) is 3. The summed E-state index contributed by atoms with van der Waals surface area (Å²) in [6.45, 7) is 3.85. The Morgan fingerprint density at radius 2 is 1.63 bits per heavy atom. The van der Waals surface area contributed by atoms with Gasteiger partial charge < -0.3 is 5.32 Å². The average molecular weight is 470 g/mol. The van der Waals surface area contributed by atoms with Crippen molar-refractivity contribution in [3.8, 4) is 11.8 Å². The molecule has 3 aliphatic rings. The summed E-state index contributed by atoms with van der Waals surface area (Å²) in [5.74, 6) is 5.80. The Morgan fingerprint density at radius 3 is 2.29 bits per heavy atom. The van der Waals surface area contributed by atoms with E-state index >= 15 is 0 Å². The van der Waals surface area contributed by atoms with Crippen LogP contribution in [-0.2, 0) is 24.1 Å². The van der Waals surface area contributed by atoms with Crippen molar-refractivity contribution >= 4 is 11.9 Å². The topological polar surface area (TPSA) is 52.7 Å². The number of aryl methyl sites for hydroxylation is 1. The highest BCUT2D eigenvalue weighted by Crippen LogP contribution is 2.39. The van der Waals surface area contributed by atoms with Crippen molar-refractivity contribution in [2.75, 3.05) is 19.6 Å². The second-order valence-corrected chi connectivity index (χ2v) is 10.2. The first-order valence-corrected chi connectivity index (χ1v) is 13.0. The number of rotatable bonds is 7. The van der Waals surface area contributed by atoms with Crippen LogP contribution >= 0.6 is 0 Å². The van der Waals surface area contributed by atoms with Gasteiger partial charge in [0, 0.05) is 6.04 Å². The Hall–Kier alpha value is -3.10. The van der Waals surface area contributed by atoms with Crippen molar-refractivity contribution in [2.45, 2.75) is 63.5 Å². The van der Waals surface area contributed by atoms with Crippen LogP contribution in [0.25, 0.3) is 0 Å². The largest absolute Gasteiger partial charge is 0.325 e. The van der Waals surface area contributed by atoms with Crippen molar-refractivity contribution in [1.29, 1.82) is 0 Å². The van der Waals surface area contributed by atoms with Crippen molar-refractivity contribution in [1.82, 2.24) is 15.1 Å². The fraction of sp³-hybridized carbons (Fsp3) is 0.467. The van der Waals surface area contributed by atoms with Crippen LogP contribution in [-0.4, -0.2) is 53.0 Å². The molecule has 0 radical (unpaired) electrons. The van der Waals surface area contributed by atoms with E-state index in [0.29, 0.717) is 12.5 Å². The lowest BCUT2D eigenvalue weighted by Crippen LogP contribution is -2.57. The molecule has 0 aromatic heterocycles. The second-order valence-electron chi connectivity index (χ2n) is 10.2. The van der Waals surface area contributed by atoms with Crippen LogP contribution in [0.2, 0.25) is 0 Å². The summed E-state index contributed by atoms with van der Waals surface area (Å²) in [7, 11) is 0. The SMILES string of the molecule is CC#CCN1C(=O)N[C@](CCCc2ccccc2)(C2CCN(C3Cc4ccccc4C3)CC2)C1=O. The fourth-order valence-electron chi connectivity index (χ4n) is 6.36. The number of likely N-dealkylation sites (tertiary alicyclic amines) is 1. The molecule has 1 aliphatic carbocycles. The van der Waals surface area contributed by atoms with Gasteiger partial charge in [-0.1, -0.05) is 60.5 Å². The van der Waals surface area contributed by atoms with Gasteiger partial charge in [0.2, 0.25) is 0 Å². The summed E-state index contributed by atoms with van der Waals surface area (Å²) in [6.07, 6.45) is 6.52. The maximum absolute atomic E-state index is 13.7. The number of amides is 3. The van der Waals surface area contributed by atoms with Crippen molar-refractivity contribution in [2.24, 2.45) is 5.92 Å². The number of carbonyl (C=O) groups excluding carboxylic acids is 2. The first kappa shape index (κ1) is 23.6. The molecule has 2 heterocycles. The van der Waals surface area contributed by atoms with Crippen LogP contribution in [0.15, 0.2) is 54.6 Å². The number of piperidine rings is 1. The Balaban J connectivity index is 1.28. The van der Waals surface area contributed by atoms with E-state index < -0.39 is 5.54 Å². The van der Waals surface area contributed by atoms with Gasteiger partial charge in [0.05, 0.1) is 6.54 Å². The van der Waals surface area contributed by atoms with Gasteiger partial charge in [-0.3, -0.25) is 14.6 Å². The molecule has 2 fully saturated rings. The predicted molar refractivity (Wildman–Crippen MR) is 138 cm³/mol. The molecule has 35 heavy (non-hydrogen) atoms. The zero-order chi connectivity index (χ0) is 24.3. The number of imide groups is 1. The lowest BCUT2D eigenvalue weighted by atomic mass is 9.74. The Bertz CT molecular complexity index is 1100. The molecule has 5 rings (SSSR count). The number of carbonyl (C=O) groups is 2. The summed E-state index contributed by atoms with van der Waals surface area (Å²) >= 11 is 0. The zero-order valence-corrected chi connectivity index (χ0v) is 20.6. The van der Waals surface area contributed by atoms with Gasteiger partial charge in [-0.25, -0.2) is 4.79 Å². The van der Waals surface area contributed by atoms with E-state index in [0.717, 1.165) is 51.6 Å². The van der Waals surface area contributed by atoms with Gasteiger partial charge >= 0.3 is 6.03 Å². The molecule has 0 unspecified atom stereocenters. The van der Waals surface area contributed by atoms with E-state index in [9.17, 15) is 9.59 Å². The minimum absolute atomic E-state index is 0.0787. The van der Waals surface area contributed by atoms with Crippen molar-refractivity contribution < 1.29 is 9.59 Å². The van der Waals surface area contributed by atoms with Gasteiger partial charge in [-0.2, -0.15) is 0 Å². The minimum Gasteiger partial charge on any atom is -0.323 e. The molecule has 0 bridgehead atoms. The highest BCUT2D eigenvalue weighted by molar-refractivity contribution is 6.07. The normalized spacial score (nSPS) is 23.2. The summed E-state index contributed by atoms with van der Waals surface area (Å²) < 4.78 is 0. The van der Waals surface area contributed by atoms with Crippen molar-refractivity contribution in [3.05, 3.63) is 71.3 Å². The Labute approximate surface area is 208 Å². The third-order valence-corrected chi connectivity index (χ3v) is 8.27. The molecule has 1 N–H and O–H groups in total. The molecule has 2 aromatic rings. The molecular formula is C30H35N3O2. The number of fused-ring (bicyclic) bond motifs is 1. The number of nitrogens with one attached hydrogen (secondary N) is 1. The molecular weight excluding hydrogens is 434 g/mol. The number of benzene rings is 2. The van der Waals surface area contributed by atoms with E-state index in [1.807, 2.05) is 6.07 Å². The number of nitrogens with zero attached hydrogens (tertiary/aromatic N) is 2. The first-order chi connectivity index (χ1) is 17.1. The summed E-state index contributed by atoms with van der Waals surface area (Å²) in [4.78, 5) is 30.6. The molecule has 5 nitrogen and oxygen atoms in total. The molecule has 5 heteroatoms. The molecule has 182 valence electrons. The standard InChI is InChI=1S/C30H35N3O2/c1-2-3-18-33-28(34)30(31-29(33)35,17-9-12-23-10-5-4-6-11-23)26-15-19-32(20-16-26)27-21-24-13-7-8-14-25(24)22-27/h4-8,10-11,13-14,26-27H,9,12,15-22H2,1H3,(H,31,35)/t30-/m1/s1. The van der Waals surface area contributed by atoms with Gasteiger partial charge in [0.25, 0.3) is 5.91 Å². The first-order valence-electron chi connectivity index (χ1n) is 13.0. The van der Waals surface area contributed by atoms with Crippen molar-refractivity contribution in [3.63, 3.8) is 0 Å². The molecule has 3 amide bonds. The molecule has 2 aliphatic heterocycles. The molecule has 1 atom stereocenters. The van der Waals surface area contributed by atoms with Crippen LogP contribution in [0.4, 0.5) is 4.79 Å². The predicted octanol–water partition coefficient (Wildman–Crippen LogP) is 4.20. The third-order valence-electron chi connectivity index (χ3n) is 8.27. The Morgan fingerprint density at radius 1 is 0.971 bits per heavy atom. The van der Waals surface area contributed by atoms with Crippen LogP contribution in [0, 0.1) is 17.8 Å². The van der Waals surface area contributed by atoms with E-state index in [4.69, 9.17) is 0 Å². The van der Waals surface area contributed by atoms with E-state index in [2.05, 4.69) is 70.6 Å². The van der Waals surface area contributed by atoms with Crippen LogP contribution < -0.4 is 5.32 Å². The third kappa shape index (κ3) is 4.73. The highest BCUT2D eigenvalue weighted by Gasteiger charge is 2.55. The Kier molecular flexibility index (Phi) is 6.92. The summed E-state index contributed by atoms with van der Waals surface area (Å²) in [5.41, 5.74) is 3.40. The fourth-order valence-corrected chi connectivity index (χ4v) is 6.36. The number of urea groups is 1. The van der Waals surface area contributed by atoms with E-state index in [1.54, 1.807) is 6.92 Å². The van der Waals surface area contributed by atoms with Crippen LogP contribution in [0.3, 0.4) is 0 Å². The quantitative estimate of drug-likeness (QED) is 0.488. The summed E-state index contributed by atoms with van der Waals surface area (Å²) in [6, 6.07) is 19.4. The lowest BCUT2D eigenvalue weighted by molar-refractivity contribution is -0.134. The maximum Gasteiger partial charge on any atom is 0.325 e.